The molecule has 5 aliphatic rings. The number of Topliss-reactive ketones (excluding diaryl/α,β-unsaturated/α-hetero) is 3. The summed E-state index contributed by atoms with van der Waals surface area (Å²) in [7, 11) is 1.49. The molecule has 2 N–H and O–H groups in total. The molecule has 1 aromatic carbocycles. The Labute approximate surface area is 328 Å². The van der Waals surface area contributed by atoms with Gasteiger partial charge in [-0.25, -0.2) is 0 Å². The Morgan fingerprint density at radius 2 is 1.56 bits per heavy atom. The van der Waals surface area contributed by atoms with Gasteiger partial charge in [0.25, 0.3) is 11.7 Å². The first-order valence-electron chi connectivity index (χ1n) is 17.8. The molecule has 4 aliphatic heterocycles. The number of ether oxygens (including phenoxy) is 6. The van der Waals surface area contributed by atoms with Crippen LogP contribution in [0.25, 0.3) is 0 Å². The molecule has 1 saturated heterocycles. The van der Waals surface area contributed by atoms with Gasteiger partial charge in [0.15, 0.2) is 5.79 Å². The number of hydrogen-bond donors (Lipinski definition) is 2. The number of esters is 1. The third-order valence-electron chi connectivity index (χ3n) is 10.7. The summed E-state index contributed by atoms with van der Waals surface area (Å²) in [5.41, 5.74) is -1.03. The first-order chi connectivity index (χ1) is 25.2. The number of amides is 1. The number of fused-ring (bicyclic) bond motifs is 10. The van der Waals surface area contributed by atoms with Gasteiger partial charge in [0.2, 0.25) is 11.6 Å². The van der Waals surface area contributed by atoms with Gasteiger partial charge in [-0.2, -0.15) is 0 Å². The molecule has 13 nitrogen and oxygen atoms in total. The standard InChI is InChI=1S/C40H48INO12/c1-17-13-12-14-18(2)38(48)42-29-28(41)31(45)25-26(32(29)46)30(44)20(4)36-27(25)37(47)40(10,54-36)50-16-15-24(49-11)19(3)34(51-23(7)43)22(6)35-21(5)33(17)52-39(8,9)53-35/h12-17,19,21-22,24,33-35,44H,1-11H3,(H,42,48). The van der Waals surface area contributed by atoms with Gasteiger partial charge in [-0.3, -0.25) is 24.0 Å². The van der Waals surface area contributed by atoms with Crippen molar-refractivity contribution >= 4 is 51.8 Å². The highest BCUT2D eigenvalue weighted by atomic mass is 127. The molecule has 4 heterocycles. The minimum atomic E-state index is -2.01. The molecule has 1 fully saturated rings. The molecule has 292 valence electrons. The molecule has 1 amide bonds. The topological polar surface area (TPSA) is 173 Å². The number of phenolic OH excluding ortho intramolecular Hbond substituents is 1. The minimum absolute atomic E-state index is 0.0356. The Balaban J connectivity index is 1.64. The van der Waals surface area contributed by atoms with Crippen molar-refractivity contribution < 1.29 is 57.5 Å². The van der Waals surface area contributed by atoms with Crippen LogP contribution < -0.4 is 10.1 Å². The molecule has 7 bridgehead atoms. The summed E-state index contributed by atoms with van der Waals surface area (Å²) >= 11 is 1.65. The van der Waals surface area contributed by atoms with E-state index in [0.717, 1.165) is 0 Å². The molecule has 9 atom stereocenters. The van der Waals surface area contributed by atoms with Gasteiger partial charge in [-0.1, -0.05) is 45.9 Å². The van der Waals surface area contributed by atoms with Gasteiger partial charge in [0.1, 0.15) is 23.3 Å². The first kappa shape index (κ1) is 41.3. The number of benzene rings is 1. The van der Waals surface area contributed by atoms with E-state index in [1.54, 1.807) is 47.7 Å². The first-order valence-corrected chi connectivity index (χ1v) is 18.9. The summed E-state index contributed by atoms with van der Waals surface area (Å²) in [5, 5.41) is 13.8. The normalized spacial score (nSPS) is 32.9. The van der Waals surface area contributed by atoms with E-state index in [4.69, 9.17) is 28.4 Å². The van der Waals surface area contributed by atoms with E-state index in [1.165, 1.54) is 34.1 Å². The predicted molar refractivity (Wildman–Crippen MR) is 204 cm³/mol. The smallest absolute Gasteiger partial charge is 0.312 e. The highest BCUT2D eigenvalue weighted by Gasteiger charge is 2.53. The van der Waals surface area contributed by atoms with E-state index < -0.39 is 76.3 Å². The Kier molecular flexibility index (Phi) is 11.7. The SMILES string of the molecule is COC1C=COC2(C)Oc3c(C)c(O)c4c(c3C2=O)C(=O)C(I)=C(NC(=O)C(C)=CC=CC(C)C2OC(C)(C)OC(C2C)C(C)C(OC(C)=O)C1C)C4=O. The number of hydrogen-bond acceptors (Lipinski definition) is 12. The average molecular weight is 862 g/mol. The summed E-state index contributed by atoms with van der Waals surface area (Å²) in [6.07, 6.45) is 5.85. The zero-order valence-electron chi connectivity index (χ0n) is 32.3. The van der Waals surface area contributed by atoms with Crippen molar-refractivity contribution in [3.05, 3.63) is 67.7 Å². The van der Waals surface area contributed by atoms with E-state index >= 15 is 0 Å². The number of carbonyl (C=O) groups is 5. The van der Waals surface area contributed by atoms with Gasteiger partial charge in [0, 0.05) is 55.8 Å². The van der Waals surface area contributed by atoms with Crippen molar-refractivity contribution in [2.45, 2.75) is 105 Å². The molecule has 6 rings (SSSR count). The van der Waals surface area contributed by atoms with Crippen LogP contribution in [0.3, 0.4) is 0 Å². The number of phenols is 1. The number of carbonyl (C=O) groups excluding carboxylic acids is 5. The lowest BCUT2D eigenvalue weighted by atomic mass is 9.77. The third-order valence-corrected chi connectivity index (χ3v) is 11.7. The van der Waals surface area contributed by atoms with Crippen molar-refractivity contribution in [2.24, 2.45) is 23.7 Å². The number of allylic oxidation sites excluding steroid dienone is 4. The second kappa shape index (κ2) is 15.3. The number of rotatable bonds is 2. The zero-order valence-corrected chi connectivity index (χ0v) is 34.5. The highest BCUT2D eigenvalue weighted by Crippen LogP contribution is 2.49. The van der Waals surface area contributed by atoms with Crippen LogP contribution in [-0.2, 0) is 33.3 Å². The van der Waals surface area contributed by atoms with Crippen LogP contribution in [0.2, 0.25) is 0 Å². The number of ketones is 3. The molecule has 1 aromatic rings. The summed E-state index contributed by atoms with van der Waals surface area (Å²) < 4.78 is 36.6. The third kappa shape index (κ3) is 7.41. The van der Waals surface area contributed by atoms with Crippen LogP contribution in [0.5, 0.6) is 11.5 Å². The maximum atomic E-state index is 14.1. The Morgan fingerprint density at radius 1 is 0.907 bits per heavy atom. The van der Waals surface area contributed by atoms with E-state index in [9.17, 15) is 29.1 Å². The van der Waals surface area contributed by atoms with E-state index in [2.05, 4.69) is 5.32 Å². The number of methoxy groups -OCH3 is 1. The van der Waals surface area contributed by atoms with Gasteiger partial charge < -0.3 is 38.8 Å². The summed E-state index contributed by atoms with van der Waals surface area (Å²) in [4.78, 5) is 67.9. The molecular formula is C40H48INO12. The molecule has 1 aliphatic carbocycles. The fraction of sp³-hybridized carbons (Fsp3) is 0.525. The van der Waals surface area contributed by atoms with Gasteiger partial charge in [0.05, 0.1) is 44.8 Å². The average Bonchev–Trinajstić information content (AvgIpc) is 3.37. The molecule has 54 heavy (non-hydrogen) atoms. The molecule has 14 heteroatoms. The maximum absolute atomic E-state index is 14.1. The maximum Gasteiger partial charge on any atom is 0.312 e. The van der Waals surface area contributed by atoms with Gasteiger partial charge >= 0.3 is 11.8 Å². The van der Waals surface area contributed by atoms with Crippen molar-refractivity contribution in [1.82, 2.24) is 5.32 Å². The lowest BCUT2D eigenvalue weighted by molar-refractivity contribution is -0.336. The van der Waals surface area contributed by atoms with Crippen molar-refractivity contribution in [3.63, 3.8) is 0 Å². The number of nitrogens with one attached hydrogen (secondary N) is 1. The molecule has 0 radical (unpaired) electrons. The second-order valence-electron chi connectivity index (χ2n) is 15.1. The summed E-state index contributed by atoms with van der Waals surface area (Å²) in [6, 6.07) is 0. The lowest BCUT2D eigenvalue weighted by Gasteiger charge is -2.50. The number of aromatic hydroxyl groups is 1. The highest BCUT2D eigenvalue weighted by molar-refractivity contribution is 14.1. The largest absolute Gasteiger partial charge is 0.507 e. The Hall–Kier alpha value is -3.86. The summed E-state index contributed by atoms with van der Waals surface area (Å²) in [6.45, 7) is 17.2. The van der Waals surface area contributed by atoms with Gasteiger partial charge in [-0.15, -0.1) is 0 Å². The van der Waals surface area contributed by atoms with E-state index in [-0.39, 0.29) is 61.1 Å². The van der Waals surface area contributed by atoms with Gasteiger partial charge in [-0.05, 0) is 56.4 Å². The van der Waals surface area contributed by atoms with Crippen molar-refractivity contribution in [1.29, 1.82) is 0 Å². The molecule has 0 spiro atoms. The van der Waals surface area contributed by atoms with Crippen LogP contribution in [0.4, 0.5) is 0 Å². The quantitative estimate of drug-likeness (QED) is 0.256. The van der Waals surface area contributed by atoms with E-state index in [1.807, 2.05) is 47.6 Å². The van der Waals surface area contributed by atoms with Crippen molar-refractivity contribution in [2.75, 3.05) is 7.11 Å². The van der Waals surface area contributed by atoms with E-state index in [0.29, 0.717) is 0 Å². The fourth-order valence-electron chi connectivity index (χ4n) is 7.74. The monoisotopic (exact) mass is 861 g/mol. The molecule has 9 unspecified atom stereocenters. The minimum Gasteiger partial charge on any atom is -0.507 e. The second-order valence-corrected chi connectivity index (χ2v) is 16.1. The van der Waals surface area contributed by atoms with Crippen molar-refractivity contribution in [3.8, 4) is 11.5 Å². The van der Waals surface area contributed by atoms with Crippen LogP contribution in [-0.4, -0.2) is 77.4 Å². The molecular weight excluding hydrogens is 813 g/mol. The van der Waals surface area contributed by atoms with Crippen LogP contribution in [0.15, 0.2) is 45.4 Å². The van der Waals surface area contributed by atoms with Crippen LogP contribution >= 0.6 is 22.6 Å². The lowest BCUT2D eigenvalue weighted by Crippen LogP contribution is -2.56. The Morgan fingerprint density at radius 3 is 2.19 bits per heavy atom. The fourth-order valence-corrected chi connectivity index (χ4v) is 8.39. The van der Waals surface area contributed by atoms with Crippen LogP contribution in [0, 0.1) is 30.6 Å². The molecule has 0 aromatic heterocycles. The zero-order chi connectivity index (χ0) is 40.2. The van der Waals surface area contributed by atoms with Crippen LogP contribution in [0.1, 0.15) is 99.0 Å². The molecule has 0 saturated carbocycles. The summed E-state index contributed by atoms with van der Waals surface area (Å²) in [5.74, 6) is -8.30. The predicted octanol–water partition coefficient (Wildman–Crippen LogP) is 6.19. The number of halogens is 1. The Bertz CT molecular complexity index is 1910.